The fourth-order valence-electron chi connectivity index (χ4n) is 2.35. The molecular weight excluding hydrogens is 346 g/mol. The molecule has 10 heteroatoms. The molecule has 132 valence electrons. The molecule has 3 aromatic rings. The molecule has 1 N–H and O–H groups in total. The van der Waals surface area contributed by atoms with Crippen LogP contribution in [0.5, 0.6) is 11.8 Å². The van der Waals surface area contributed by atoms with E-state index in [0.29, 0.717) is 11.2 Å². The third-order valence-corrected chi connectivity index (χ3v) is 4.88. The van der Waals surface area contributed by atoms with Gasteiger partial charge in [-0.3, -0.25) is 4.40 Å². The van der Waals surface area contributed by atoms with Crippen LogP contribution >= 0.6 is 0 Å². The lowest BCUT2D eigenvalue weighted by Crippen LogP contribution is -2.17. The van der Waals surface area contributed by atoms with Crippen LogP contribution in [0.25, 0.3) is 5.65 Å². The van der Waals surface area contributed by atoms with E-state index in [1.54, 1.807) is 25.3 Å². The molecule has 9 nitrogen and oxygen atoms in total. The van der Waals surface area contributed by atoms with Crippen LogP contribution in [0.3, 0.4) is 0 Å². The number of nitrogens with one attached hydrogen (secondary N) is 1. The van der Waals surface area contributed by atoms with Gasteiger partial charge in [-0.1, -0.05) is 0 Å². The molecular formula is C15H17N5O4S. The highest BCUT2D eigenvalue weighted by Crippen LogP contribution is 2.26. The van der Waals surface area contributed by atoms with Crippen molar-refractivity contribution in [1.82, 2.24) is 19.4 Å². The van der Waals surface area contributed by atoms with Crippen LogP contribution in [0.15, 0.2) is 29.6 Å². The van der Waals surface area contributed by atoms with Crippen molar-refractivity contribution < 1.29 is 17.9 Å². The molecule has 0 unspecified atom stereocenters. The van der Waals surface area contributed by atoms with Gasteiger partial charge >= 0.3 is 0 Å². The van der Waals surface area contributed by atoms with Gasteiger partial charge in [-0.15, -0.1) is 0 Å². The smallest absolute Gasteiger partial charge is 0.281 e. The summed E-state index contributed by atoms with van der Waals surface area (Å²) >= 11 is 0. The SMILES string of the molecule is COc1nc(NS(=O)(=O)c2cnc3cc(C)ccn23)nc(OC)c1C. The van der Waals surface area contributed by atoms with E-state index in [-0.39, 0.29) is 22.7 Å². The van der Waals surface area contributed by atoms with Crippen molar-refractivity contribution in [2.24, 2.45) is 0 Å². The Bertz CT molecular complexity index is 1020. The van der Waals surface area contributed by atoms with Crippen molar-refractivity contribution in [1.29, 1.82) is 0 Å². The second-order valence-corrected chi connectivity index (χ2v) is 6.95. The van der Waals surface area contributed by atoms with Gasteiger partial charge in [0.2, 0.25) is 17.7 Å². The van der Waals surface area contributed by atoms with E-state index in [2.05, 4.69) is 19.7 Å². The molecule has 0 fully saturated rings. The first kappa shape index (κ1) is 17.0. The van der Waals surface area contributed by atoms with Crippen molar-refractivity contribution in [3.8, 4) is 11.8 Å². The van der Waals surface area contributed by atoms with Gasteiger partial charge in [0, 0.05) is 6.20 Å². The van der Waals surface area contributed by atoms with Gasteiger partial charge in [0.1, 0.15) is 5.65 Å². The summed E-state index contributed by atoms with van der Waals surface area (Å²) in [6.45, 7) is 3.61. The van der Waals surface area contributed by atoms with Gasteiger partial charge < -0.3 is 9.47 Å². The van der Waals surface area contributed by atoms with Crippen molar-refractivity contribution in [2.75, 3.05) is 18.9 Å². The number of hydrogen-bond donors (Lipinski definition) is 1. The highest BCUT2D eigenvalue weighted by atomic mass is 32.2. The molecule has 0 radical (unpaired) electrons. The first-order chi connectivity index (χ1) is 11.9. The number of nitrogens with zero attached hydrogens (tertiary/aromatic N) is 4. The van der Waals surface area contributed by atoms with Crippen LogP contribution in [-0.2, 0) is 10.0 Å². The number of sulfonamides is 1. The number of aromatic nitrogens is 4. The Balaban J connectivity index is 2.04. The summed E-state index contributed by atoms with van der Waals surface area (Å²) in [7, 11) is -1.10. The van der Waals surface area contributed by atoms with Crippen LogP contribution in [0.4, 0.5) is 5.95 Å². The van der Waals surface area contributed by atoms with Crippen molar-refractivity contribution in [3.05, 3.63) is 35.7 Å². The van der Waals surface area contributed by atoms with Crippen molar-refractivity contribution >= 4 is 21.6 Å². The largest absolute Gasteiger partial charge is 0.481 e. The fourth-order valence-corrected chi connectivity index (χ4v) is 3.39. The highest BCUT2D eigenvalue weighted by Gasteiger charge is 2.22. The molecule has 3 heterocycles. The maximum absolute atomic E-state index is 12.7. The number of hydrogen-bond acceptors (Lipinski definition) is 7. The Morgan fingerprint density at radius 3 is 2.36 bits per heavy atom. The molecule has 0 saturated carbocycles. The predicted molar refractivity (Wildman–Crippen MR) is 90.6 cm³/mol. The Labute approximate surface area is 144 Å². The summed E-state index contributed by atoms with van der Waals surface area (Å²) < 4.78 is 39.5. The summed E-state index contributed by atoms with van der Waals surface area (Å²) in [6, 6.07) is 3.58. The van der Waals surface area contributed by atoms with Crippen LogP contribution in [0.1, 0.15) is 11.1 Å². The van der Waals surface area contributed by atoms with Gasteiger partial charge in [-0.2, -0.15) is 18.4 Å². The Hall–Kier alpha value is -2.88. The molecule has 0 aliphatic heterocycles. The molecule has 0 spiro atoms. The number of methoxy groups -OCH3 is 2. The summed E-state index contributed by atoms with van der Waals surface area (Å²) in [5.41, 5.74) is 2.07. The fraction of sp³-hybridized carbons (Fsp3) is 0.267. The van der Waals surface area contributed by atoms with Crippen LogP contribution in [-0.4, -0.2) is 42.0 Å². The van der Waals surface area contributed by atoms with Gasteiger partial charge in [-0.05, 0) is 31.5 Å². The zero-order valence-corrected chi connectivity index (χ0v) is 15.0. The Kier molecular flexibility index (Phi) is 4.21. The van der Waals surface area contributed by atoms with Crippen molar-refractivity contribution in [3.63, 3.8) is 0 Å². The molecule has 0 bridgehead atoms. The molecule has 0 aromatic carbocycles. The Morgan fingerprint density at radius 1 is 1.12 bits per heavy atom. The number of aryl methyl sites for hydroxylation is 1. The number of ether oxygens (including phenoxy) is 2. The zero-order valence-electron chi connectivity index (χ0n) is 14.1. The normalized spacial score (nSPS) is 11.5. The van der Waals surface area contributed by atoms with E-state index < -0.39 is 10.0 Å². The van der Waals surface area contributed by atoms with Crippen LogP contribution < -0.4 is 14.2 Å². The molecule has 0 saturated heterocycles. The maximum atomic E-state index is 12.7. The Morgan fingerprint density at radius 2 is 1.76 bits per heavy atom. The minimum absolute atomic E-state index is 0.0235. The minimum atomic E-state index is -3.96. The lowest BCUT2D eigenvalue weighted by molar-refractivity contribution is 0.367. The monoisotopic (exact) mass is 363 g/mol. The third kappa shape index (κ3) is 3.07. The van der Waals surface area contributed by atoms with E-state index in [1.165, 1.54) is 24.8 Å². The van der Waals surface area contributed by atoms with Gasteiger partial charge in [0.05, 0.1) is 26.0 Å². The zero-order chi connectivity index (χ0) is 18.2. The lowest BCUT2D eigenvalue weighted by Gasteiger charge is -2.11. The van der Waals surface area contributed by atoms with E-state index in [4.69, 9.17) is 9.47 Å². The highest BCUT2D eigenvalue weighted by molar-refractivity contribution is 7.92. The number of anilines is 1. The minimum Gasteiger partial charge on any atom is -0.481 e. The molecule has 0 aliphatic carbocycles. The maximum Gasteiger partial charge on any atom is 0.281 e. The molecule has 0 aliphatic rings. The van der Waals surface area contributed by atoms with Gasteiger partial charge in [0.15, 0.2) is 5.03 Å². The first-order valence-corrected chi connectivity index (χ1v) is 8.77. The van der Waals surface area contributed by atoms with Gasteiger partial charge in [0.25, 0.3) is 10.0 Å². The van der Waals surface area contributed by atoms with Crippen LogP contribution in [0.2, 0.25) is 0 Å². The number of fused-ring (bicyclic) bond motifs is 1. The van der Waals surface area contributed by atoms with E-state index in [9.17, 15) is 8.42 Å². The van der Waals surface area contributed by atoms with E-state index in [1.807, 2.05) is 6.92 Å². The predicted octanol–water partition coefficient (Wildman–Crippen LogP) is 1.56. The first-order valence-electron chi connectivity index (χ1n) is 7.29. The second kappa shape index (κ2) is 6.20. The number of rotatable bonds is 5. The van der Waals surface area contributed by atoms with E-state index in [0.717, 1.165) is 5.56 Å². The second-order valence-electron chi connectivity index (χ2n) is 5.32. The summed E-state index contributed by atoms with van der Waals surface area (Å²) in [6.07, 6.45) is 2.92. The summed E-state index contributed by atoms with van der Waals surface area (Å²) in [4.78, 5) is 12.2. The van der Waals surface area contributed by atoms with Crippen molar-refractivity contribution in [2.45, 2.75) is 18.9 Å². The lowest BCUT2D eigenvalue weighted by atomic mass is 10.3. The molecule has 0 atom stereocenters. The molecule has 25 heavy (non-hydrogen) atoms. The molecule has 3 rings (SSSR count). The number of pyridine rings is 1. The molecule has 0 amide bonds. The quantitative estimate of drug-likeness (QED) is 0.733. The number of imidazole rings is 1. The van der Waals surface area contributed by atoms with E-state index >= 15 is 0 Å². The van der Waals surface area contributed by atoms with Crippen LogP contribution in [0, 0.1) is 13.8 Å². The third-order valence-electron chi connectivity index (χ3n) is 3.58. The summed E-state index contributed by atoms with van der Waals surface area (Å²) in [5, 5.41) is -0.0235. The summed E-state index contributed by atoms with van der Waals surface area (Å²) in [5.74, 6) is 0.290. The molecule has 3 aromatic heterocycles. The van der Waals surface area contributed by atoms with Gasteiger partial charge in [-0.25, -0.2) is 9.71 Å². The topological polar surface area (TPSA) is 108 Å². The average Bonchev–Trinajstić information content (AvgIpc) is 2.99. The standard InChI is InChI=1S/C15H17N5O4S/c1-9-5-6-20-11(7-9)16-8-12(20)25(21,22)19-15-17-13(23-3)10(2)14(18-15)24-4/h5-8H,1-4H3,(H,17,18,19). The average molecular weight is 363 g/mol.